The van der Waals surface area contributed by atoms with Gasteiger partial charge in [-0.15, -0.1) is 0 Å². The van der Waals surface area contributed by atoms with Crippen LogP contribution in [0.2, 0.25) is 5.15 Å². The normalized spacial score (nSPS) is 9.89. The van der Waals surface area contributed by atoms with Crippen molar-refractivity contribution in [2.45, 2.75) is 0 Å². The molecule has 0 fully saturated rings. The summed E-state index contributed by atoms with van der Waals surface area (Å²) in [5.41, 5.74) is 1.05. The number of ether oxygens (including phenoxy) is 1. The summed E-state index contributed by atoms with van der Waals surface area (Å²) in [5.74, 6) is -0.0850. The Labute approximate surface area is 110 Å². The molecule has 18 heavy (non-hydrogen) atoms. The summed E-state index contributed by atoms with van der Waals surface area (Å²) in [7, 11) is 1.44. The van der Waals surface area contributed by atoms with E-state index in [1.807, 2.05) is 18.2 Å². The Morgan fingerprint density at radius 1 is 1.22 bits per heavy atom. The maximum absolute atomic E-state index is 12.0. The summed E-state index contributed by atoms with van der Waals surface area (Å²) in [6.45, 7) is 0. The van der Waals surface area contributed by atoms with E-state index in [1.165, 1.54) is 7.11 Å². The molecular formula is C13H11ClN2O2. The van der Waals surface area contributed by atoms with Crippen LogP contribution in [0.3, 0.4) is 0 Å². The Balaban J connectivity index is 2.24. The number of carbonyl (C=O) groups is 1. The highest BCUT2D eigenvalue weighted by Gasteiger charge is 2.14. The molecule has 2 rings (SSSR count). The van der Waals surface area contributed by atoms with E-state index in [0.29, 0.717) is 11.3 Å². The molecule has 0 aliphatic heterocycles. The molecule has 0 spiro atoms. The highest BCUT2D eigenvalue weighted by Crippen LogP contribution is 2.19. The maximum atomic E-state index is 12.0. The summed E-state index contributed by atoms with van der Waals surface area (Å²) in [6.07, 6.45) is 0. The lowest BCUT2D eigenvalue weighted by molar-refractivity contribution is 0.102. The third kappa shape index (κ3) is 2.78. The number of anilines is 1. The highest BCUT2D eigenvalue weighted by atomic mass is 35.5. The molecular weight excluding hydrogens is 252 g/mol. The molecule has 1 aromatic heterocycles. The number of para-hydroxylation sites is 1. The second-order valence-electron chi connectivity index (χ2n) is 3.51. The van der Waals surface area contributed by atoms with Gasteiger partial charge in [0.05, 0.1) is 7.11 Å². The number of benzene rings is 1. The molecule has 0 unspecified atom stereocenters. The van der Waals surface area contributed by atoms with E-state index in [1.54, 1.807) is 24.3 Å². The van der Waals surface area contributed by atoms with E-state index < -0.39 is 0 Å². The first kappa shape index (κ1) is 12.4. The van der Waals surface area contributed by atoms with Crippen LogP contribution in [0.1, 0.15) is 10.4 Å². The largest absolute Gasteiger partial charge is 0.480 e. The molecule has 0 radical (unpaired) electrons. The fourth-order valence-electron chi connectivity index (χ4n) is 1.47. The number of hydrogen-bond donors (Lipinski definition) is 1. The van der Waals surface area contributed by atoms with Gasteiger partial charge in [0.2, 0.25) is 5.88 Å². The lowest BCUT2D eigenvalue weighted by atomic mass is 10.2. The van der Waals surface area contributed by atoms with Crippen LogP contribution in [0.5, 0.6) is 5.88 Å². The van der Waals surface area contributed by atoms with Crippen molar-refractivity contribution in [1.82, 2.24) is 4.98 Å². The number of amides is 1. The van der Waals surface area contributed by atoms with Crippen molar-refractivity contribution in [3.05, 3.63) is 53.2 Å². The van der Waals surface area contributed by atoms with Gasteiger partial charge in [0.1, 0.15) is 10.7 Å². The number of rotatable bonds is 3. The molecule has 2 aromatic rings. The standard InChI is InChI=1S/C13H11ClN2O2/c1-18-13-10(7-8-11(14)16-13)12(17)15-9-5-3-2-4-6-9/h2-8H,1H3,(H,15,17). The van der Waals surface area contributed by atoms with Gasteiger partial charge < -0.3 is 10.1 Å². The smallest absolute Gasteiger partial charge is 0.261 e. The number of hydrogen-bond acceptors (Lipinski definition) is 3. The Bertz CT molecular complexity index is 558. The highest BCUT2D eigenvalue weighted by molar-refractivity contribution is 6.29. The molecule has 1 aromatic carbocycles. The van der Waals surface area contributed by atoms with E-state index >= 15 is 0 Å². The van der Waals surface area contributed by atoms with Crippen LogP contribution >= 0.6 is 11.6 Å². The lowest BCUT2D eigenvalue weighted by Crippen LogP contribution is -2.13. The number of pyridine rings is 1. The molecule has 4 nitrogen and oxygen atoms in total. The number of methoxy groups -OCH3 is 1. The SMILES string of the molecule is COc1nc(Cl)ccc1C(=O)Nc1ccccc1. The fourth-order valence-corrected chi connectivity index (χ4v) is 1.61. The van der Waals surface area contributed by atoms with Gasteiger partial charge in [-0.3, -0.25) is 4.79 Å². The van der Waals surface area contributed by atoms with Gasteiger partial charge in [-0.1, -0.05) is 29.8 Å². The zero-order chi connectivity index (χ0) is 13.0. The topological polar surface area (TPSA) is 51.2 Å². The molecule has 1 N–H and O–H groups in total. The molecule has 0 atom stereocenters. The molecule has 0 aliphatic carbocycles. The zero-order valence-corrected chi connectivity index (χ0v) is 10.4. The maximum Gasteiger partial charge on any atom is 0.261 e. The van der Waals surface area contributed by atoms with Gasteiger partial charge in [-0.05, 0) is 24.3 Å². The first-order valence-corrected chi connectivity index (χ1v) is 5.65. The molecule has 5 heteroatoms. The molecule has 0 saturated heterocycles. The van der Waals surface area contributed by atoms with Gasteiger partial charge in [-0.25, -0.2) is 4.98 Å². The number of carbonyl (C=O) groups excluding carboxylic acids is 1. The van der Waals surface area contributed by atoms with Crippen LogP contribution in [0.25, 0.3) is 0 Å². The molecule has 0 bridgehead atoms. The molecule has 92 valence electrons. The van der Waals surface area contributed by atoms with Crippen molar-refractivity contribution in [1.29, 1.82) is 0 Å². The molecule has 1 amide bonds. The van der Waals surface area contributed by atoms with Crippen molar-refractivity contribution in [2.24, 2.45) is 0 Å². The monoisotopic (exact) mass is 262 g/mol. The zero-order valence-electron chi connectivity index (χ0n) is 9.68. The minimum Gasteiger partial charge on any atom is -0.480 e. The van der Waals surface area contributed by atoms with Gasteiger partial charge in [0, 0.05) is 5.69 Å². The average molecular weight is 263 g/mol. The Morgan fingerprint density at radius 2 is 1.94 bits per heavy atom. The summed E-state index contributed by atoms with van der Waals surface area (Å²) in [5, 5.41) is 3.03. The van der Waals surface area contributed by atoms with E-state index in [9.17, 15) is 4.79 Å². The van der Waals surface area contributed by atoms with Crippen molar-refractivity contribution >= 4 is 23.2 Å². The summed E-state index contributed by atoms with van der Waals surface area (Å²) < 4.78 is 5.03. The van der Waals surface area contributed by atoms with Gasteiger partial charge >= 0.3 is 0 Å². The lowest BCUT2D eigenvalue weighted by Gasteiger charge is -2.08. The summed E-state index contributed by atoms with van der Waals surface area (Å²) in [4.78, 5) is 16.0. The first-order chi connectivity index (χ1) is 8.70. The van der Waals surface area contributed by atoms with Crippen molar-refractivity contribution in [2.75, 3.05) is 12.4 Å². The fraction of sp³-hybridized carbons (Fsp3) is 0.0769. The molecule has 0 aliphatic rings. The number of nitrogens with one attached hydrogen (secondary N) is 1. The van der Waals surface area contributed by atoms with Gasteiger partial charge in [0.25, 0.3) is 5.91 Å². The van der Waals surface area contributed by atoms with Crippen LogP contribution in [0.4, 0.5) is 5.69 Å². The number of nitrogens with zero attached hydrogens (tertiary/aromatic N) is 1. The van der Waals surface area contributed by atoms with E-state index in [2.05, 4.69) is 10.3 Å². The second-order valence-corrected chi connectivity index (χ2v) is 3.90. The number of aromatic nitrogens is 1. The van der Waals surface area contributed by atoms with Gasteiger partial charge in [-0.2, -0.15) is 0 Å². The third-order valence-electron chi connectivity index (χ3n) is 2.30. The molecule has 0 saturated carbocycles. The van der Waals surface area contributed by atoms with E-state index in [4.69, 9.17) is 16.3 Å². The van der Waals surface area contributed by atoms with Crippen molar-refractivity contribution in [3.8, 4) is 5.88 Å². The van der Waals surface area contributed by atoms with Gasteiger partial charge in [0.15, 0.2) is 0 Å². The number of halogens is 1. The van der Waals surface area contributed by atoms with Crippen LogP contribution in [-0.2, 0) is 0 Å². The Kier molecular flexibility index (Phi) is 3.79. The molecule has 1 heterocycles. The van der Waals surface area contributed by atoms with Crippen LogP contribution in [0, 0.1) is 0 Å². The summed E-state index contributed by atoms with van der Waals surface area (Å²) >= 11 is 5.74. The quantitative estimate of drug-likeness (QED) is 0.865. The van der Waals surface area contributed by atoms with Crippen molar-refractivity contribution in [3.63, 3.8) is 0 Å². The third-order valence-corrected chi connectivity index (χ3v) is 2.51. The van der Waals surface area contributed by atoms with Crippen LogP contribution in [0.15, 0.2) is 42.5 Å². The first-order valence-electron chi connectivity index (χ1n) is 5.27. The Morgan fingerprint density at radius 3 is 2.61 bits per heavy atom. The second kappa shape index (κ2) is 5.51. The van der Waals surface area contributed by atoms with Crippen molar-refractivity contribution < 1.29 is 9.53 Å². The minimum absolute atomic E-state index is 0.205. The van der Waals surface area contributed by atoms with Crippen LogP contribution < -0.4 is 10.1 Å². The van der Waals surface area contributed by atoms with Crippen LogP contribution in [-0.4, -0.2) is 18.0 Å². The average Bonchev–Trinajstić information content (AvgIpc) is 2.39. The van der Waals surface area contributed by atoms with E-state index in [-0.39, 0.29) is 16.9 Å². The predicted molar refractivity (Wildman–Crippen MR) is 70.2 cm³/mol. The minimum atomic E-state index is -0.290. The Hall–Kier alpha value is -2.07. The predicted octanol–water partition coefficient (Wildman–Crippen LogP) is 3.00. The summed E-state index contributed by atoms with van der Waals surface area (Å²) in [6, 6.07) is 12.3. The van der Waals surface area contributed by atoms with E-state index in [0.717, 1.165) is 0 Å².